The minimum Gasteiger partial charge on any atom is -0.467 e. The van der Waals surface area contributed by atoms with Crippen LogP contribution in [0.4, 0.5) is 23.7 Å². The number of halogens is 3. The first-order valence-electron chi connectivity index (χ1n) is 7.17. The topological polar surface area (TPSA) is 67.6 Å². The average Bonchev–Trinajstić information content (AvgIpc) is 3.09. The number of amides is 2. The van der Waals surface area contributed by atoms with Gasteiger partial charge in [-0.25, -0.2) is 9.78 Å². The van der Waals surface area contributed by atoms with Crippen LogP contribution in [0.3, 0.4) is 0 Å². The molecule has 1 atom stereocenters. The van der Waals surface area contributed by atoms with Crippen LogP contribution in [0.5, 0.6) is 0 Å². The lowest BCUT2D eigenvalue weighted by atomic mass is 10.2. The van der Waals surface area contributed by atoms with E-state index in [9.17, 15) is 18.0 Å². The van der Waals surface area contributed by atoms with E-state index in [0.29, 0.717) is 18.9 Å². The lowest BCUT2D eigenvalue weighted by Gasteiger charge is -2.31. The highest BCUT2D eigenvalue weighted by molar-refractivity contribution is 5.89. The van der Waals surface area contributed by atoms with Crippen LogP contribution in [-0.4, -0.2) is 35.6 Å². The van der Waals surface area contributed by atoms with Crippen LogP contribution in [-0.2, 0) is 10.9 Å². The fourth-order valence-corrected chi connectivity index (χ4v) is 2.32. The fraction of sp³-hybridized carbons (Fsp3) is 0.333. The molecule has 1 fully saturated rings. The third-order valence-corrected chi connectivity index (χ3v) is 3.52. The van der Waals surface area contributed by atoms with Crippen molar-refractivity contribution >= 4 is 11.7 Å². The number of alkyl halides is 3. The van der Waals surface area contributed by atoms with Crippen molar-refractivity contribution in [1.82, 2.24) is 9.88 Å². The molecule has 3 rings (SSSR count). The Hall–Kier alpha value is -2.55. The first kappa shape index (κ1) is 16.3. The third-order valence-electron chi connectivity index (χ3n) is 3.52. The molecule has 2 aromatic heterocycles. The van der Waals surface area contributed by atoms with E-state index in [-0.39, 0.29) is 18.3 Å². The minimum absolute atomic E-state index is 0.189. The molecule has 0 bridgehead atoms. The van der Waals surface area contributed by atoms with Gasteiger partial charge in [0, 0.05) is 6.54 Å². The molecule has 3 heterocycles. The first-order valence-corrected chi connectivity index (χ1v) is 7.17. The van der Waals surface area contributed by atoms with Crippen molar-refractivity contribution in [3.63, 3.8) is 0 Å². The Kier molecular flexibility index (Phi) is 4.43. The molecule has 24 heavy (non-hydrogen) atoms. The summed E-state index contributed by atoms with van der Waals surface area (Å²) in [7, 11) is 0. The predicted molar refractivity (Wildman–Crippen MR) is 77.2 cm³/mol. The van der Waals surface area contributed by atoms with Crippen molar-refractivity contribution in [2.45, 2.75) is 12.3 Å². The normalized spacial score (nSPS) is 18.5. The molecule has 6 nitrogen and oxygen atoms in total. The number of morpholine rings is 1. The number of nitrogens with one attached hydrogen (secondary N) is 1. The fourth-order valence-electron chi connectivity index (χ4n) is 2.32. The second kappa shape index (κ2) is 6.52. The highest BCUT2D eigenvalue weighted by atomic mass is 19.4. The highest BCUT2D eigenvalue weighted by Crippen LogP contribution is 2.28. The van der Waals surface area contributed by atoms with Gasteiger partial charge in [-0.3, -0.25) is 0 Å². The smallest absolute Gasteiger partial charge is 0.433 e. The second-order valence-corrected chi connectivity index (χ2v) is 5.18. The zero-order chi connectivity index (χ0) is 17.2. The summed E-state index contributed by atoms with van der Waals surface area (Å²) in [4.78, 5) is 17.1. The van der Waals surface area contributed by atoms with E-state index in [2.05, 4.69) is 10.3 Å². The standard InChI is InChI=1S/C15H14F3N3O3/c16-15(17,18)13-4-3-10(8-19-13)20-14(22)21-5-7-24-12(9-21)11-2-1-6-23-11/h1-4,6,8,12H,5,7,9H2,(H,20,22). The third kappa shape index (κ3) is 3.67. The Labute approximate surface area is 135 Å². The summed E-state index contributed by atoms with van der Waals surface area (Å²) in [6.45, 7) is 0.995. The van der Waals surface area contributed by atoms with Crippen LogP contribution in [0.1, 0.15) is 17.6 Å². The molecule has 0 spiro atoms. The second-order valence-electron chi connectivity index (χ2n) is 5.18. The summed E-state index contributed by atoms with van der Waals surface area (Å²) in [6, 6.07) is 5.03. The maximum absolute atomic E-state index is 12.5. The van der Waals surface area contributed by atoms with Crippen molar-refractivity contribution in [1.29, 1.82) is 0 Å². The van der Waals surface area contributed by atoms with Gasteiger partial charge in [0.2, 0.25) is 0 Å². The number of furan rings is 1. The molecule has 0 radical (unpaired) electrons. The summed E-state index contributed by atoms with van der Waals surface area (Å²) in [5.41, 5.74) is -0.821. The molecule has 0 aromatic carbocycles. The Balaban J connectivity index is 1.62. The Morgan fingerprint density at radius 3 is 2.79 bits per heavy atom. The molecule has 2 amide bonds. The van der Waals surface area contributed by atoms with E-state index in [4.69, 9.17) is 9.15 Å². The Bertz CT molecular complexity index is 686. The zero-order valence-electron chi connectivity index (χ0n) is 12.4. The van der Waals surface area contributed by atoms with Crippen molar-refractivity contribution in [3.8, 4) is 0 Å². The molecule has 1 aliphatic rings. The van der Waals surface area contributed by atoms with Crippen LogP contribution in [0.25, 0.3) is 0 Å². The van der Waals surface area contributed by atoms with Gasteiger partial charge in [0.1, 0.15) is 17.6 Å². The Morgan fingerprint density at radius 2 is 2.17 bits per heavy atom. The first-order chi connectivity index (χ1) is 11.4. The molecule has 9 heteroatoms. The number of rotatable bonds is 2. The molecule has 1 aliphatic heterocycles. The van der Waals surface area contributed by atoms with Crippen LogP contribution < -0.4 is 5.32 Å². The quantitative estimate of drug-likeness (QED) is 0.910. The van der Waals surface area contributed by atoms with Crippen molar-refractivity contribution < 1.29 is 27.1 Å². The molecular formula is C15H14F3N3O3. The molecule has 1 N–H and O–H groups in total. The van der Waals surface area contributed by atoms with E-state index in [1.54, 1.807) is 12.1 Å². The number of aromatic nitrogens is 1. The molecule has 0 aliphatic carbocycles. The van der Waals surface area contributed by atoms with Crippen LogP contribution >= 0.6 is 0 Å². The van der Waals surface area contributed by atoms with Gasteiger partial charge in [0.25, 0.3) is 0 Å². The SMILES string of the molecule is O=C(Nc1ccc(C(F)(F)F)nc1)N1CCOC(c2ccco2)C1. The Morgan fingerprint density at radius 1 is 1.33 bits per heavy atom. The number of pyridine rings is 1. The number of nitrogens with zero attached hydrogens (tertiary/aromatic N) is 2. The molecule has 1 unspecified atom stereocenters. The van der Waals surface area contributed by atoms with E-state index in [0.717, 1.165) is 18.3 Å². The zero-order valence-corrected chi connectivity index (χ0v) is 12.4. The van der Waals surface area contributed by atoms with E-state index >= 15 is 0 Å². The van der Waals surface area contributed by atoms with Gasteiger partial charge in [-0.15, -0.1) is 0 Å². The summed E-state index contributed by atoms with van der Waals surface area (Å²) >= 11 is 0. The molecule has 2 aromatic rings. The average molecular weight is 341 g/mol. The monoisotopic (exact) mass is 341 g/mol. The van der Waals surface area contributed by atoms with Gasteiger partial charge in [0.15, 0.2) is 0 Å². The summed E-state index contributed by atoms with van der Waals surface area (Å²) in [5.74, 6) is 0.615. The number of ether oxygens (including phenoxy) is 1. The summed E-state index contributed by atoms with van der Waals surface area (Å²) in [6.07, 6.45) is -2.38. The number of anilines is 1. The van der Waals surface area contributed by atoms with E-state index < -0.39 is 17.9 Å². The number of carbonyl (C=O) groups is 1. The van der Waals surface area contributed by atoms with Gasteiger partial charge in [-0.2, -0.15) is 13.2 Å². The van der Waals surface area contributed by atoms with Crippen molar-refractivity contribution in [2.24, 2.45) is 0 Å². The number of hydrogen-bond acceptors (Lipinski definition) is 4. The number of urea groups is 1. The van der Waals surface area contributed by atoms with E-state index in [1.807, 2.05) is 0 Å². The summed E-state index contributed by atoms with van der Waals surface area (Å²) in [5, 5.41) is 2.53. The molecule has 1 saturated heterocycles. The van der Waals surface area contributed by atoms with Crippen molar-refractivity contribution in [2.75, 3.05) is 25.0 Å². The predicted octanol–water partition coefficient (Wildman–Crippen LogP) is 3.30. The highest BCUT2D eigenvalue weighted by Gasteiger charge is 2.32. The molecule has 128 valence electrons. The van der Waals surface area contributed by atoms with Gasteiger partial charge in [-0.1, -0.05) is 0 Å². The molecule has 0 saturated carbocycles. The number of carbonyl (C=O) groups excluding carboxylic acids is 1. The van der Waals surface area contributed by atoms with Crippen LogP contribution in [0.2, 0.25) is 0 Å². The number of hydrogen-bond donors (Lipinski definition) is 1. The van der Waals surface area contributed by atoms with Gasteiger partial charge in [-0.05, 0) is 24.3 Å². The van der Waals surface area contributed by atoms with Crippen LogP contribution in [0.15, 0.2) is 41.1 Å². The van der Waals surface area contributed by atoms with Crippen molar-refractivity contribution in [3.05, 3.63) is 48.2 Å². The maximum atomic E-state index is 12.5. The summed E-state index contributed by atoms with van der Waals surface area (Å²) < 4.78 is 48.2. The lowest BCUT2D eigenvalue weighted by Crippen LogP contribution is -2.44. The van der Waals surface area contributed by atoms with Gasteiger partial charge >= 0.3 is 12.2 Å². The van der Waals surface area contributed by atoms with Gasteiger partial charge in [0.05, 0.1) is 31.3 Å². The largest absolute Gasteiger partial charge is 0.467 e. The van der Waals surface area contributed by atoms with E-state index in [1.165, 1.54) is 11.2 Å². The van der Waals surface area contributed by atoms with Gasteiger partial charge < -0.3 is 19.4 Å². The lowest BCUT2D eigenvalue weighted by molar-refractivity contribution is -0.141. The maximum Gasteiger partial charge on any atom is 0.433 e. The minimum atomic E-state index is -4.51. The molecular weight excluding hydrogens is 327 g/mol. The van der Waals surface area contributed by atoms with Crippen LogP contribution in [0, 0.1) is 0 Å².